The van der Waals surface area contributed by atoms with E-state index in [0.717, 1.165) is 19.4 Å². The van der Waals surface area contributed by atoms with Crippen molar-refractivity contribution in [2.75, 3.05) is 13.1 Å². The molecule has 4 heteroatoms. The van der Waals surface area contributed by atoms with E-state index in [-0.39, 0.29) is 18.0 Å². The predicted octanol–water partition coefficient (Wildman–Crippen LogP) is 0.951. The first-order valence-corrected chi connectivity index (χ1v) is 5.08. The molecule has 0 aromatic carbocycles. The van der Waals surface area contributed by atoms with Crippen LogP contribution in [0.1, 0.15) is 33.1 Å². The molecule has 0 N–H and O–H groups in total. The number of carbonyl (C=O) groups is 2. The molecular formula is C10H17NO3. The zero-order valence-corrected chi connectivity index (χ0v) is 8.78. The van der Waals surface area contributed by atoms with Crippen molar-refractivity contribution >= 4 is 11.9 Å². The molecule has 0 saturated carbocycles. The third-order valence-electron chi connectivity index (χ3n) is 2.29. The quantitative estimate of drug-likeness (QED) is 0.633. The molecule has 1 aliphatic heterocycles. The van der Waals surface area contributed by atoms with Crippen molar-refractivity contribution in [2.45, 2.75) is 39.2 Å². The molecule has 1 atom stereocenters. The fourth-order valence-electron chi connectivity index (χ4n) is 1.61. The van der Waals surface area contributed by atoms with E-state index in [4.69, 9.17) is 4.74 Å². The van der Waals surface area contributed by atoms with Gasteiger partial charge in [-0.1, -0.05) is 13.3 Å². The third-order valence-corrected chi connectivity index (χ3v) is 2.29. The molecule has 80 valence electrons. The summed E-state index contributed by atoms with van der Waals surface area (Å²) in [5.74, 6) is -0.204. The summed E-state index contributed by atoms with van der Waals surface area (Å²) < 4.78 is 4.99. The van der Waals surface area contributed by atoms with Crippen LogP contribution in [-0.4, -0.2) is 36.0 Å². The molecular weight excluding hydrogens is 182 g/mol. The lowest BCUT2D eigenvalue weighted by Crippen LogP contribution is -2.27. The lowest BCUT2D eigenvalue weighted by Gasteiger charge is -2.15. The van der Waals surface area contributed by atoms with Crippen molar-refractivity contribution < 1.29 is 14.3 Å². The SMILES string of the molecule is CCCCN1CC(OC(C)=O)CC1=O. The first kappa shape index (κ1) is 11.0. The Morgan fingerprint density at radius 1 is 1.64 bits per heavy atom. The fraction of sp³-hybridized carbons (Fsp3) is 0.800. The zero-order chi connectivity index (χ0) is 10.6. The number of carbonyl (C=O) groups excluding carboxylic acids is 2. The normalized spacial score (nSPS) is 21.4. The molecule has 0 aromatic rings. The van der Waals surface area contributed by atoms with Gasteiger partial charge in [0.15, 0.2) is 0 Å². The van der Waals surface area contributed by atoms with Gasteiger partial charge in [0.2, 0.25) is 5.91 Å². The molecule has 1 rings (SSSR count). The van der Waals surface area contributed by atoms with Crippen LogP contribution < -0.4 is 0 Å². The van der Waals surface area contributed by atoms with Crippen LogP contribution in [0, 0.1) is 0 Å². The van der Waals surface area contributed by atoms with E-state index in [0.29, 0.717) is 13.0 Å². The molecule has 1 fully saturated rings. The summed E-state index contributed by atoms with van der Waals surface area (Å²) in [6.45, 7) is 4.81. The van der Waals surface area contributed by atoms with Gasteiger partial charge in [0, 0.05) is 13.5 Å². The van der Waals surface area contributed by atoms with Crippen LogP contribution >= 0.6 is 0 Å². The number of rotatable bonds is 4. The maximum atomic E-state index is 11.4. The monoisotopic (exact) mass is 199 g/mol. The minimum Gasteiger partial charge on any atom is -0.460 e. The third kappa shape index (κ3) is 3.01. The fourth-order valence-corrected chi connectivity index (χ4v) is 1.61. The van der Waals surface area contributed by atoms with Crippen LogP contribution in [0.2, 0.25) is 0 Å². The summed E-state index contributed by atoms with van der Waals surface area (Å²) in [5.41, 5.74) is 0. The van der Waals surface area contributed by atoms with Gasteiger partial charge in [0.1, 0.15) is 6.10 Å². The second-order valence-electron chi connectivity index (χ2n) is 3.63. The van der Waals surface area contributed by atoms with Crippen LogP contribution in [0.3, 0.4) is 0 Å². The first-order valence-electron chi connectivity index (χ1n) is 5.08. The van der Waals surface area contributed by atoms with Gasteiger partial charge in [-0.3, -0.25) is 9.59 Å². The van der Waals surface area contributed by atoms with Crippen LogP contribution in [0.4, 0.5) is 0 Å². The Bertz CT molecular complexity index is 227. The van der Waals surface area contributed by atoms with Crippen molar-refractivity contribution in [1.29, 1.82) is 0 Å². The van der Waals surface area contributed by atoms with Crippen molar-refractivity contribution in [3.8, 4) is 0 Å². The Hall–Kier alpha value is -1.06. The molecule has 14 heavy (non-hydrogen) atoms. The minimum atomic E-state index is -0.305. The predicted molar refractivity (Wildman–Crippen MR) is 51.7 cm³/mol. The molecule has 0 spiro atoms. The average molecular weight is 199 g/mol. The summed E-state index contributed by atoms with van der Waals surface area (Å²) >= 11 is 0. The first-order chi connectivity index (χ1) is 6.63. The maximum absolute atomic E-state index is 11.4. The van der Waals surface area contributed by atoms with Gasteiger partial charge in [-0.2, -0.15) is 0 Å². The van der Waals surface area contributed by atoms with Crippen molar-refractivity contribution in [3.63, 3.8) is 0 Å². The summed E-state index contributed by atoms with van der Waals surface area (Å²) in [6, 6.07) is 0. The van der Waals surface area contributed by atoms with Gasteiger partial charge in [0.05, 0.1) is 13.0 Å². The minimum absolute atomic E-state index is 0.102. The molecule has 1 unspecified atom stereocenters. The van der Waals surface area contributed by atoms with Gasteiger partial charge >= 0.3 is 5.97 Å². The molecule has 1 saturated heterocycles. The number of ether oxygens (including phenoxy) is 1. The summed E-state index contributed by atoms with van der Waals surface area (Å²) in [6.07, 6.45) is 2.21. The summed E-state index contributed by atoms with van der Waals surface area (Å²) in [7, 11) is 0. The molecule has 1 aliphatic rings. The van der Waals surface area contributed by atoms with E-state index in [1.165, 1.54) is 6.92 Å². The van der Waals surface area contributed by atoms with Crippen LogP contribution in [-0.2, 0) is 14.3 Å². The van der Waals surface area contributed by atoms with Gasteiger partial charge in [0.25, 0.3) is 0 Å². The summed E-state index contributed by atoms with van der Waals surface area (Å²) in [5, 5.41) is 0. The Morgan fingerprint density at radius 3 is 2.93 bits per heavy atom. The number of hydrogen-bond acceptors (Lipinski definition) is 3. The van der Waals surface area contributed by atoms with Gasteiger partial charge in [-0.05, 0) is 6.42 Å². The number of amides is 1. The highest BCUT2D eigenvalue weighted by Crippen LogP contribution is 2.14. The Balaban J connectivity index is 2.35. The maximum Gasteiger partial charge on any atom is 0.302 e. The number of likely N-dealkylation sites (tertiary alicyclic amines) is 1. The van der Waals surface area contributed by atoms with Crippen molar-refractivity contribution in [1.82, 2.24) is 4.90 Å². The van der Waals surface area contributed by atoms with E-state index >= 15 is 0 Å². The molecule has 4 nitrogen and oxygen atoms in total. The molecule has 0 aromatic heterocycles. The number of nitrogens with zero attached hydrogens (tertiary/aromatic N) is 1. The van der Waals surface area contributed by atoms with Crippen LogP contribution in [0.5, 0.6) is 0 Å². The molecule has 0 bridgehead atoms. The van der Waals surface area contributed by atoms with Gasteiger partial charge in [-0.25, -0.2) is 0 Å². The largest absolute Gasteiger partial charge is 0.460 e. The highest BCUT2D eigenvalue weighted by molar-refractivity contribution is 5.79. The Kier molecular flexibility index (Phi) is 3.92. The Morgan fingerprint density at radius 2 is 2.36 bits per heavy atom. The summed E-state index contributed by atoms with van der Waals surface area (Å²) in [4.78, 5) is 23.9. The number of hydrogen-bond donors (Lipinski definition) is 0. The zero-order valence-electron chi connectivity index (χ0n) is 8.78. The highest BCUT2D eigenvalue weighted by Gasteiger charge is 2.30. The topological polar surface area (TPSA) is 46.6 Å². The van der Waals surface area contributed by atoms with Gasteiger partial charge in [-0.15, -0.1) is 0 Å². The smallest absolute Gasteiger partial charge is 0.302 e. The van der Waals surface area contributed by atoms with Crippen molar-refractivity contribution in [3.05, 3.63) is 0 Å². The van der Waals surface area contributed by atoms with Crippen LogP contribution in [0.15, 0.2) is 0 Å². The van der Waals surface area contributed by atoms with Crippen molar-refractivity contribution in [2.24, 2.45) is 0 Å². The van der Waals surface area contributed by atoms with E-state index < -0.39 is 0 Å². The average Bonchev–Trinajstić information content (AvgIpc) is 2.41. The van der Waals surface area contributed by atoms with E-state index in [9.17, 15) is 9.59 Å². The molecule has 0 aliphatic carbocycles. The van der Waals surface area contributed by atoms with E-state index in [1.54, 1.807) is 4.90 Å². The van der Waals surface area contributed by atoms with Gasteiger partial charge < -0.3 is 9.64 Å². The highest BCUT2D eigenvalue weighted by atomic mass is 16.5. The standard InChI is InChI=1S/C10H17NO3/c1-3-4-5-11-7-9(6-10(11)13)14-8(2)12/h9H,3-7H2,1-2H3. The Labute approximate surface area is 84.2 Å². The second kappa shape index (κ2) is 4.98. The van der Waals surface area contributed by atoms with E-state index in [1.807, 2.05) is 0 Å². The molecule has 0 radical (unpaired) electrons. The lowest BCUT2D eigenvalue weighted by molar-refractivity contribution is -0.145. The number of esters is 1. The molecule has 1 amide bonds. The van der Waals surface area contributed by atoms with Crippen LogP contribution in [0.25, 0.3) is 0 Å². The second-order valence-corrected chi connectivity index (χ2v) is 3.63. The van der Waals surface area contributed by atoms with E-state index in [2.05, 4.69) is 6.92 Å². The number of unbranched alkanes of at least 4 members (excludes halogenated alkanes) is 1. The lowest BCUT2D eigenvalue weighted by atomic mass is 10.3. The molecule has 1 heterocycles.